The third kappa shape index (κ3) is 2.67. The summed E-state index contributed by atoms with van der Waals surface area (Å²) >= 11 is 0. The summed E-state index contributed by atoms with van der Waals surface area (Å²) in [7, 11) is 0. The third-order valence-electron chi connectivity index (χ3n) is 4.69. The first-order valence-corrected chi connectivity index (χ1v) is 8.59. The van der Waals surface area contributed by atoms with Crippen LogP contribution in [0.25, 0.3) is 0 Å². The van der Waals surface area contributed by atoms with Gasteiger partial charge in [-0.15, -0.1) is 0 Å². The van der Waals surface area contributed by atoms with Crippen molar-refractivity contribution in [1.29, 1.82) is 0 Å². The van der Waals surface area contributed by atoms with Crippen molar-refractivity contribution in [2.24, 2.45) is 0 Å². The molecule has 4 rings (SSSR count). The van der Waals surface area contributed by atoms with Crippen molar-refractivity contribution in [2.45, 2.75) is 39.2 Å². The Morgan fingerprint density at radius 1 is 1.20 bits per heavy atom. The van der Waals surface area contributed by atoms with Crippen molar-refractivity contribution in [3.05, 3.63) is 41.7 Å². The highest BCUT2D eigenvalue weighted by molar-refractivity contribution is 6.13. The summed E-state index contributed by atoms with van der Waals surface area (Å²) in [4.78, 5) is 37.7. The first-order valence-electron chi connectivity index (χ1n) is 8.59. The summed E-state index contributed by atoms with van der Waals surface area (Å²) < 4.78 is 0. The number of aryl methyl sites for hydroxylation is 1. The quantitative estimate of drug-likeness (QED) is 0.858. The minimum Gasteiger partial charge on any atom is -0.305 e. The first kappa shape index (κ1) is 15.7. The monoisotopic (exact) mass is 336 g/mol. The Morgan fingerprint density at radius 3 is 2.68 bits per heavy atom. The van der Waals surface area contributed by atoms with E-state index in [0.29, 0.717) is 30.4 Å². The molecule has 2 aromatic rings. The van der Waals surface area contributed by atoms with E-state index < -0.39 is 0 Å². The average molecular weight is 336 g/mol. The Kier molecular flexibility index (Phi) is 3.75. The van der Waals surface area contributed by atoms with Crippen molar-refractivity contribution in [2.75, 3.05) is 16.3 Å². The van der Waals surface area contributed by atoms with Crippen LogP contribution in [-0.2, 0) is 4.79 Å². The van der Waals surface area contributed by atoms with Crippen molar-refractivity contribution in [1.82, 2.24) is 9.97 Å². The number of anilines is 3. The Bertz CT molecular complexity index is 860. The van der Waals surface area contributed by atoms with Crippen LogP contribution >= 0.6 is 0 Å². The molecule has 25 heavy (non-hydrogen) atoms. The van der Waals surface area contributed by atoms with Gasteiger partial charge in [-0.25, -0.2) is 9.97 Å². The minimum atomic E-state index is -0.121. The number of pyridine rings is 2. The van der Waals surface area contributed by atoms with E-state index >= 15 is 0 Å². The number of hydrogen-bond donors (Lipinski definition) is 0. The molecule has 0 saturated heterocycles. The second-order valence-corrected chi connectivity index (χ2v) is 6.68. The lowest BCUT2D eigenvalue weighted by Crippen LogP contribution is -2.33. The van der Waals surface area contributed by atoms with Gasteiger partial charge in [-0.3, -0.25) is 9.59 Å². The molecule has 0 unspecified atom stereocenters. The molecule has 0 bridgehead atoms. The second kappa shape index (κ2) is 5.95. The Balaban J connectivity index is 1.93. The number of hydrogen-bond acceptors (Lipinski definition) is 5. The highest BCUT2D eigenvalue weighted by Crippen LogP contribution is 2.45. The fourth-order valence-electron chi connectivity index (χ4n) is 3.31. The average Bonchev–Trinajstić information content (AvgIpc) is 3.42. The maximum atomic E-state index is 13.3. The maximum Gasteiger partial charge on any atom is 0.262 e. The molecule has 0 radical (unpaired) electrons. The van der Waals surface area contributed by atoms with E-state index in [1.165, 1.54) is 0 Å². The number of amides is 1. The molecular formula is C19H20N4O2. The van der Waals surface area contributed by atoms with Crippen LogP contribution in [0.4, 0.5) is 17.3 Å². The molecule has 2 aromatic heterocycles. The van der Waals surface area contributed by atoms with Gasteiger partial charge in [-0.1, -0.05) is 0 Å². The van der Waals surface area contributed by atoms with Crippen LogP contribution < -0.4 is 9.80 Å². The Morgan fingerprint density at radius 2 is 1.96 bits per heavy atom. The van der Waals surface area contributed by atoms with Gasteiger partial charge in [0.05, 0.1) is 11.3 Å². The van der Waals surface area contributed by atoms with Crippen LogP contribution in [0.1, 0.15) is 42.1 Å². The van der Waals surface area contributed by atoms with E-state index in [1.54, 1.807) is 30.3 Å². The van der Waals surface area contributed by atoms with Crippen molar-refractivity contribution in [3.63, 3.8) is 0 Å². The predicted molar refractivity (Wildman–Crippen MR) is 95.3 cm³/mol. The Hall–Kier alpha value is -2.76. The maximum absolute atomic E-state index is 13.3. The van der Waals surface area contributed by atoms with E-state index in [9.17, 15) is 9.59 Å². The molecule has 6 heteroatoms. The van der Waals surface area contributed by atoms with E-state index in [0.717, 1.165) is 29.9 Å². The summed E-state index contributed by atoms with van der Waals surface area (Å²) in [6.07, 6.45) is 5.92. The molecule has 0 aromatic carbocycles. The Labute approximate surface area is 146 Å². The summed E-state index contributed by atoms with van der Waals surface area (Å²) in [5, 5.41) is 0. The smallest absolute Gasteiger partial charge is 0.262 e. The summed E-state index contributed by atoms with van der Waals surface area (Å²) in [5.74, 6) is 1.37. The van der Waals surface area contributed by atoms with Crippen molar-refractivity contribution < 1.29 is 9.59 Å². The zero-order valence-corrected chi connectivity index (χ0v) is 14.4. The summed E-state index contributed by atoms with van der Waals surface area (Å²) in [6, 6.07) is 5.81. The molecule has 0 spiro atoms. The molecule has 2 aliphatic rings. The second-order valence-electron chi connectivity index (χ2n) is 6.68. The highest BCUT2D eigenvalue weighted by atomic mass is 16.2. The van der Waals surface area contributed by atoms with Gasteiger partial charge in [0.15, 0.2) is 5.82 Å². The van der Waals surface area contributed by atoms with Gasteiger partial charge in [0, 0.05) is 31.4 Å². The molecule has 1 aliphatic carbocycles. The minimum absolute atomic E-state index is 0.0607. The van der Waals surface area contributed by atoms with Crippen LogP contribution in [0, 0.1) is 6.92 Å². The molecule has 1 amide bonds. The van der Waals surface area contributed by atoms with Crippen LogP contribution in [-0.4, -0.2) is 34.2 Å². The van der Waals surface area contributed by atoms with Gasteiger partial charge >= 0.3 is 0 Å². The SMILES string of the molecule is CC(=O)CCN1C(=O)c2cccnc2N(C2CC2)c2nccc(C)c21. The van der Waals surface area contributed by atoms with Gasteiger partial charge in [-0.05, 0) is 50.5 Å². The normalized spacial score (nSPS) is 16.3. The molecule has 0 atom stereocenters. The molecule has 1 saturated carbocycles. The number of carbonyl (C=O) groups is 2. The number of fused-ring (bicyclic) bond motifs is 2. The van der Waals surface area contributed by atoms with Crippen LogP contribution in [0.2, 0.25) is 0 Å². The third-order valence-corrected chi connectivity index (χ3v) is 4.69. The molecule has 128 valence electrons. The van der Waals surface area contributed by atoms with E-state index in [-0.39, 0.29) is 11.7 Å². The van der Waals surface area contributed by atoms with Crippen molar-refractivity contribution in [3.8, 4) is 0 Å². The number of aromatic nitrogens is 2. The van der Waals surface area contributed by atoms with Crippen LogP contribution in [0.5, 0.6) is 0 Å². The first-order chi connectivity index (χ1) is 12.1. The van der Waals surface area contributed by atoms with Gasteiger partial charge in [0.2, 0.25) is 0 Å². The van der Waals surface area contributed by atoms with E-state index in [1.807, 2.05) is 19.1 Å². The lowest BCUT2D eigenvalue weighted by atomic mass is 10.1. The van der Waals surface area contributed by atoms with Crippen molar-refractivity contribution >= 4 is 29.0 Å². The summed E-state index contributed by atoms with van der Waals surface area (Å²) in [6.45, 7) is 3.87. The summed E-state index contributed by atoms with van der Waals surface area (Å²) in [5.41, 5.74) is 2.33. The number of carbonyl (C=O) groups excluding carboxylic acids is 2. The van der Waals surface area contributed by atoms with Crippen LogP contribution in [0.15, 0.2) is 30.6 Å². The number of rotatable bonds is 4. The fraction of sp³-hybridized carbons (Fsp3) is 0.368. The topological polar surface area (TPSA) is 66.4 Å². The largest absolute Gasteiger partial charge is 0.305 e. The fourth-order valence-corrected chi connectivity index (χ4v) is 3.31. The zero-order valence-electron chi connectivity index (χ0n) is 14.4. The van der Waals surface area contributed by atoms with Gasteiger partial charge < -0.3 is 9.80 Å². The standard InChI is InChI=1S/C19H20N4O2/c1-12-7-10-21-18-16(12)22(11-8-13(2)24)19(25)15-4-3-9-20-17(15)23(18)14-5-6-14/h3-4,7,9-10,14H,5-6,8,11H2,1-2H3. The van der Waals surface area contributed by atoms with E-state index in [4.69, 9.17) is 0 Å². The lowest BCUT2D eigenvalue weighted by Gasteiger charge is -2.26. The number of Topliss-reactive ketones (excluding diaryl/α,β-unsaturated/α-hetero) is 1. The van der Waals surface area contributed by atoms with Gasteiger partial charge in [0.25, 0.3) is 5.91 Å². The molecule has 1 aliphatic heterocycles. The molecule has 3 heterocycles. The number of nitrogens with zero attached hydrogens (tertiary/aromatic N) is 4. The molecular weight excluding hydrogens is 316 g/mol. The number of ketones is 1. The zero-order chi connectivity index (χ0) is 17.6. The van der Waals surface area contributed by atoms with Gasteiger partial charge in [0.1, 0.15) is 11.6 Å². The molecule has 0 N–H and O–H groups in total. The molecule has 1 fully saturated rings. The highest BCUT2D eigenvalue weighted by Gasteiger charge is 2.40. The predicted octanol–water partition coefficient (Wildman–Crippen LogP) is 3.02. The van der Waals surface area contributed by atoms with E-state index in [2.05, 4.69) is 14.9 Å². The van der Waals surface area contributed by atoms with Crippen LogP contribution in [0.3, 0.4) is 0 Å². The van der Waals surface area contributed by atoms with Gasteiger partial charge in [-0.2, -0.15) is 0 Å². The molecule has 6 nitrogen and oxygen atoms in total. The lowest BCUT2D eigenvalue weighted by molar-refractivity contribution is -0.116.